The maximum atomic E-state index is 12.8. The molecule has 0 unspecified atom stereocenters. The van der Waals surface area contributed by atoms with E-state index in [4.69, 9.17) is 9.84 Å². The van der Waals surface area contributed by atoms with E-state index >= 15 is 0 Å². The van der Waals surface area contributed by atoms with E-state index in [2.05, 4.69) is 36.2 Å². The second-order valence-corrected chi connectivity index (χ2v) is 10.2. The molecular formula is C31H32N2O4S. The van der Waals surface area contributed by atoms with Gasteiger partial charge >= 0.3 is 5.97 Å². The van der Waals surface area contributed by atoms with Crippen LogP contribution in [0.25, 0.3) is 6.08 Å². The number of unbranched alkanes of at least 4 members (excludes halogenated alkanes) is 2. The smallest absolute Gasteiger partial charge is 0.307 e. The van der Waals surface area contributed by atoms with E-state index in [1.165, 1.54) is 41.5 Å². The summed E-state index contributed by atoms with van der Waals surface area (Å²) >= 11 is 1.31. The largest absolute Gasteiger partial charge is 0.489 e. The normalized spacial score (nSPS) is 15.4. The van der Waals surface area contributed by atoms with Crippen LogP contribution < -0.4 is 4.74 Å². The van der Waals surface area contributed by atoms with E-state index in [-0.39, 0.29) is 12.3 Å². The molecule has 0 bridgehead atoms. The molecular weight excluding hydrogens is 496 g/mol. The molecule has 0 spiro atoms. The lowest BCUT2D eigenvalue weighted by atomic mass is 10.1. The van der Waals surface area contributed by atoms with E-state index in [9.17, 15) is 9.59 Å². The van der Waals surface area contributed by atoms with Crippen LogP contribution in [0.1, 0.15) is 48.4 Å². The topological polar surface area (TPSA) is 79.2 Å². The third kappa shape index (κ3) is 7.59. The molecule has 0 atom stereocenters. The maximum Gasteiger partial charge on any atom is 0.307 e. The monoisotopic (exact) mass is 528 g/mol. The molecule has 1 aliphatic heterocycles. The Bertz CT molecular complexity index is 1310. The fraction of sp³-hybridized carbons (Fsp3) is 0.258. The first kappa shape index (κ1) is 27.2. The molecule has 38 heavy (non-hydrogen) atoms. The molecule has 0 aliphatic carbocycles. The average molecular weight is 529 g/mol. The third-order valence-corrected chi connectivity index (χ3v) is 7.26. The van der Waals surface area contributed by atoms with Crippen LogP contribution in [0, 0.1) is 0 Å². The highest BCUT2D eigenvalue weighted by Gasteiger charge is 2.30. The summed E-state index contributed by atoms with van der Waals surface area (Å²) in [5.74, 6) is -0.220. The fourth-order valence-electron chi connectivity index (χ4n) is 3.98. The number of carbonyl (C=O) groups is 2. The SMILES string of the molecule is CCCCCc1ccc(COc2ccc(/C=C3/SC(=Nc4ccc(CC(=O)O)cc4)N(C)C3=O)cc2)cc1. The second-order valence-electron chi connectivity index (χ2n) is 9.24. The lowest BCUT2D eigenvalue weighted by molar-refractivity contribution is -0.136. The molecule has 0 radical (unpaired) electrons. The highest BCUT2D eigenvalue weighted by Crippen LogP contribution is 2.33. The summed E-state index contributed by atoms with van der Waals surface area (Å²) in [6.45, 7) is 2.73. The number of likely N-dealkylation sites (N-methyl/N-ethyl adjacent to an activating group) is 1. The average Bonchev–Trinajstić information content (AvgIpc) is 3.17. The summed E-state index contributed by atoms with van der Waals surface area (Å²) in [6, 6.07) is 23.3. The van der Waals surface area contributed by atoms with Crippen LogP contribution in [0.3, 0.4) is 0 Å². The van der Waals surface area contributed by atoms with Crippen molar-refractivity contribution in [2.24, 2.45) is 4.99 Å². The number of benzene rings is 3. The van der Waals surface area contributed by atoms with Crippen molar-refractivity contribution in [2.45, 2.75) is 45.6 Å². The fourth-order valence-corrected chi connectivity index (χ4v) is 4.97. The van der Waals surface area contributed by atoms with E-state index in [1.807, 2.05) is 30.3 Å². The summed E-state index contributed by atoms with van der Waals surface area (Å²) in [5, 5.41) is 9.49. The number of carboxylic acids is 1. The van der Waals surface area contributed by atoms with Crippen LogP contribution in [0.2, 0.25) is 0 Å². The van der Waals surface area contributed by atoms with Crippen molar-refractivity contribution in [1.82, 2.24) is 4.90 Å². The van der Waals surface area contributed by atoms with Gasteiger partial charge in [0.05, 0.1) is 17.0 Å². The first-order valence-corrected chi connectivity index (χ1v) is 13.6. The molecule has 0 aromatic heterocycles. The van der Waals surface area contributed by atoms with Crippen molar-refractivity contribution >= 4 is 40.6 Å². The van der Waals surface area contributed by atoms with E-state index in [0.717, 1.165) is 23.3 Å². The summed E-state index contributed by atoms with van der Waals surface area (Å²) in [4.78, 5) is 30.3. The van der Waals surface area contributed by atoms with Gasteiger partial charge in [-0.2, -0.15) is 0 Å². The van der Waals surface area contributed by atoms with Gasteiger partial charge in [-0.25, -0.2) is 4.99 Å². The number of ether oxygens (including phenoxy) is 1. The zero-order chi connectivity index (χ0) is 26.9. The molecule has 1 heterocycles. The molecule has 1 aliphatic rings. The Kier molecular flexibility index (Phi) is 9.38. The Hall–Kier alpha value is -3.84. The first-order chi connectivity index (χ1) is 18.4. The number of hydrogen-bond donors (Lipinski definition) is 1. The van der Waals surface area contributed by atoms with Gasteiger partial charge in [0.15, 0.2) is 5.17 Å². The predicted molar refractivity (Wildman–Crippen MR) is 154 cm³/mol. The van der Waals surface area contributed by atoms with E-state index in [0.29, 0.717) is 27.9 Å². The Morgan fingerprint density at radius 1 is 0.947 bits per heavy atom. The van der Waals surface area contributed by atoms with Gasteiger partial charge in [-0.05, 0) is 77.2 Å². The molecule has 3 aromatic carbocycles. The number of aliphatic carboxylic acids is 1. The number of carboxylic acid groups (broad SMARTS) is 1. The van der Waals surface area contributed by atoms with Gasteiger partial charge in [-0.3, -0.25) is 14.5 Å². The van der Waals surface area contributed by atoms with Gasteiger partial charge < -0.3 is 9.84 Å². The molecule has 196 valence electrons. The second kappa shape index (κ2) is 13.1. The first-order valence-electron chi connectivity index (χ1n) is 12.8. The molecule has 3 aromatic rings. The molecule has 4 rings (SSSR count). The zero-order valence-corrected chi connectivity index (χ0v) is 22.5. The molecule has 7 heteroatoms. The van der Waals surface area contributed by atoms with Crippen molar-refractivity contribution in [3.8, 4) is 5.75 Å². The number of aryl methyl sites for hydroxylation is 1. The van der Waals surface area contributed by atoms with Crippen LogP contribution in [-0.4, -0.2) is 34.1 Å². The van der Waals surface area contributed by atoms with E-state index in [1.54, 1.807) is 31.3 Å². The minimum atomic E-state index is -0.877. The predicted octanol–water partition coefficient (Wildman–Crippen LogP) is 6.86. The highest BCUT2D eigenvalue weighted by molar-refractivity contribution is 8.18. The van der Waals surface area contributed by atoms with Crippen molar-refractivity contribution < 1.29 is 19.4 Å². The van der Waals surface area contributed by atoms with Gasteiger partial charge in [0.25, 0.3) is 5.91 Å². The number of rotatable bonds is 11. The summed E-state index contributed by atoms with van der Waals surface area (Å²) in [5.41, 5.74) is 4.77. The van der Waals surface area contributed by atoms with Crippen LogP contribution in [0.15, 0.2) is 82.7 Å². The van der Waals surface area contributed by atoms with Crippen LogP contribution in [0.5, 0.6) is 5.75 Å². The summed E-state index contributed by atoms with van der Waals surface area (Å²) in [6.07, 6.45) is 6.67. The Labute approximate surface area is 228 Å². The van der Waals surface area contributed by atoms with Gasteiger partial charge in [-0.15, -0.1) is 0 Å². The Morgan fingerprint density at radius 3 is 2.26 bits per heavy atom. The Balaban J connectivity index is 1.34. The van der Waals surface area contributed by atoms with Crippen LogP contribution >= 0.6 is 11.8 Å². The lowest BCUT2D eigenvalue weighted by Crippen LogP contribution is -2.23. The molecule has 1 fully saturated rings. The standard InChI is InChI=1S/C31H32N2O4S/c1-3-4-5-6-22-7-9-25(10-8-22)21-37-27-17-13-23(14-18-27)19-28-30(36)33(2)31(38-28)32-26-15-11-24(12-16-26)20-29(34)35/h7-19H,3-6,20-21H2,1-2H3,(H,34,35)/b28-19+,32-31?. The number of amidine groups is 1. The maximum absolute atomic E-state index is 12.8. The summed E-state index contributed by atoms with van der Waals surface area (Å²) < 4.78 is 5.95. The molecule has 1 amide bonds. The molecule has 1 N–H and O–H groups in total. The van der Waals surface area contributed by atoms with Crippen molar-refractivity contribution in [3.05, 3.63) is 100.0 Å². The molecule has 6 nitrogen and oxygen atoms in total. The zero-order valence-electron chi connectivity index (χ0n) is 21.7. The van der Waals surface area contributed by atoms with Crippen molar-refractivity contribution in [2.75, 3.05) is 7.05 Å². The van der Waals surface area contributed by atoms with Crippen molar-refractivity contribution in [3.63, 3.8) is 0 Å². The van der Waals surface area contributed by atoms with Gasteiger partial charge in [0.1, 0.15) is 12.4 Å². The van der Waals surface area contributed by atoms with Crippen LogP contribution in [0.4, 0.5) is 5.69 Å². The van der Waals surface area contributed by atoms with Crippen LogP contribution in [-0.2, 0) is 29.0 Å². The van der Waals surface area contributed by atoms with Gasteiger partial charge in [0.2, 0.25) is 0 Å². The lowest BCUT2D eigenvalue weighted by Gasteiger charge is -2.08. The number of carbonyl (C=O) groups excluding carboxylic acids is 1. The van der Waals surface area contributed by atoms with E-state index < -0.39 is 5.97 Å². The third-order valence-electron chi connectivity index (χ3n) is 6.20. The number of thioether (sulfide) groups is 1. The molecule has 0 saturated carbocycles. The van der Waals surface area contributed by atoms with Gasteiger partial charge in [0, 0.05) is 7.05 Å². The number of aliphatic imine (C=N–C) groups is 1. The minimum Gasteiger partial charge on any atom is -0.489 e. The molecule has 1 saturated heterocycles. The quantitative estimate of drug-likeness (QED) is 0.217. The Morgan fingerprint density at radius 2 is 1.61 bits per heavy atom. The number of nitrogens with zero attached hydrogens (tertiary/aromatic N) is 2. The summed E-state index contributed by atoms with van der Waals surface area (Å²) in [7, 11) is 1.70. The number of amides is 1. The number of hydrogen-bond acceptors (Lipinski definition) is 5. The highest BCUT2D eigenvalue weighted by atomic mass is 32.2. The minimum absolute atomic E-state index is 0.0347. The van der Waals surface area contributed by atoms with Crippen molar-refractivity contribution in [1.29, 1.82) is 0 Å². The van der Waals surface area contributed by atoms with Gasteiger partial charge in [-0.1, -0.05) is 68.3 Å².